The largest absolute Gasteiger partial charge is 0.349 e. The van der Waals surface area contributed by atoms with Crippen LogP contribution in [0.4, 0.5) is 4.39 Å². The van der Waals surface area contributed by atoms with E-state index in [0.29, 0.717) is 22.5 Å². The Bertz CT molecular complexity index is 1040. The molecule has 1 aromatic heterocycles. The van der Waals surface area contributed by atoms with Crippen LogP contribution < -0.4 is 5.32 Å². The lowest BCUT2D eigenvalue weighted by Crippen LogP contribution is -2.39. The number of carbonyl (C=O) groups is 1. The second-order valence-corrected chi connectivity index (χ2v) is 8.69. The molecule has 5 heteroatoms. The molecule has 2 aromatic carbocycles. The predicted molar refractivity (Wildman–Crippen MR) is 123 cm³/mol. The minimum Gasteiger partial charge on any atom is -0.349 e. The fraction of sp³-hybridized carbons (Fsp3) is 0.360. The summed E-state index contributed by atoms with van der Waals surface area (Å²) in [6.07, 6.45) is 6.12. The van der Waals surface area contributed by atoms with Gasteiger partial charge in [-0.2, -0.15) is 0 Å². The number of fused-ring (bicyclic) bond motifs is 1. The van der Waals surface area contributed by atoms with E-state index in [1.165, 1.54) is 44.2 Å². The van der Waals surface area contributed by atoms with Crippen molar-refractivity contribution in [2.24, 2.45) is 5.92 Å². The fourth-order valence-electron chi connectivity index (χ4n) is 4.52. The summed E-state index contributed by atoms with van der Waals surface area (Å²) in [6, 6.07) is 14.1. The maximum Gasteiger partial charge on any atom is 0.252 e. The fourth-order valence-corrected chi connectivity index (χ4v) is 5.06. The third-order valence-corrected chi connectivity index (χ3v) is 6.75. The topological polar surface area (TPSA) is 42.0 Å². The summed E-state index contributed by atoms with van der Waals surface area (Å²) < 4.78 is 13.5. The predicted octanol–water partition coefficient (Wildman–Crippen LogP) is 6.63. The van der Waals surface area contributed by atoms with Crippen LogP contribution in [0.5, 0.6) is 0 Å². The first-order valence-electron chi connectivity index (χ1n) is 10.6. The van der Waals surface area contributed by atoms with Gasteiger partial charge in [-0.3, -0.25) is 4.79 Å². The number of carbonyl (C=O) groups excluding carboxylic acids is 1. The van der Waals surface area contributed by atoms with Crippen LogP contribution in [0.25, 0.3) is 22.2 Å². The van der Waals surface area contributed by atoms with Crippen LogP contribution in [0, 0.1) is 11.7 Å². The number of para-hydroxylation sites is 1. The van der Waals surface area contributed by atoms with E-state index in [1.807, 2.05) is 24.3 Å². The van der Waals surface area contributed by atoms with E-state index in [4.69, 9.17) is 4.98 Å². The Kier molecular flexibility index (Phi) is 6.47. The molecule has 1 atom stereocenters. The Morgan fingerprint density at radius 3 is 2.53 bits per heavy atom. The van der Waals surface area contributed by atoms with Gasteiger partial charge in [-0.15, -0.1) is 0 Å². The molecule has 3 nitrogen and oxygen atoms in total. The summed E-state index contributed by atoms with van der Waals surface area (Å²) in [6.45, 7) is 2.12. The molecule has 1 aliphatic carbocycles. The number of pyridine rings is 1. The van der Waals surface area contributed by atoms with E-state index in [1.54, 1.807) is 12.1 Å². The third-order valence-electron chi connectivity index (χ3n) is 6.19. The van der Waals surface area contributed by atoms with Gasteiger partial charge in [-0.25, -0.2) is 9.37 Å². The van der Waals surface area contributed by atoms with Gasteiger partial charge >= 0.3 is 0 Å². The first-order valence-corrected chi connectivity index (χ1v) is 11.7. The maximum atomic E-state index is 13.5. The molecule has 1 saturated carbocycles. The van der Waals surface area contributed by atoms with Gasteiger partial charge < -0.3 is 5.32 Å². The lowest BCUT2D eigenvalue weighted by Gasteiger charge is -2.28. The lowest BCUT2D eigenvalue weighted by atomic mass is 9.84. The lowest BCUT2D eigenvalue weighted by molar-refractivity contribution is 0.0920. The number of amides is 1. The van der Waals surface area contributed by atoms with Gasteiger partial charge in [0.1, 0.15) is 5.82 Å². The van der Waals surface area contributed by atoms with Crippen molar-refractivity contribution in [3.8, 4) is 11.3 Å². The highest BCUT2D eigenvalue weighted by atomic mass is 79.9. The van der Waals surface area contributed by atoms with Crippen LogP contribution in [0.2, 0.25) is 0 Å². The molecule has 1 heterocycles. The van der Waals surface area contributed by atoms with E-state index < -0.39 is 0 Å². The highest BCUT2D eigenvalue weighted by molar-refractivity contribution is 9.08. The molecule has 1 N–H and O–H groups in total. The van der Waals surface area contributed by atoms with Gasteiger partial charge in [-0.1, -0.05) is 53.4 Å². The van der Waals surface area contributed by atoms with Crippen LogP contribution in [0.15, 0.2) is 48.5 Å². The van der Waals surface area contributed by atoms with Crippen LogP contribution in [-0.4, -0.2) is 16.9 Å². The number of rotatable bonds is 5. The number of hydrogen-bond donors (Lipinski definition) is 1. The van der Waals surface area contributed by atoms with E-state index >= 15 is 0 Å². The third kappa shape index (κ3) is 4.27. The Balaban J connectivity index is 1.78. The zero-order valence-electron chi connectivity index (χ0n) is 17.1. The summed E-state index contributed by atoms with van der Waals surface area (Å²) in [5.74, 6) is 0.170. The first-order chi connectivity index (χ1) is 14.6. The van der Waals surface area contributed by atoms with E-state index in [2.05, 4.69) is 28.2 Å². The molecule has 0 aliphatic heterocycles. The second kappa shape index (κ2) is 9.25. The standard InChI is InChI=1S/C25H26BrFN2O/c1-16(17-7-3-2-4-8-17)28-25(30)23-20-9-5-6-10-22(20)29-24(21(23)15-26)18-11-13-19(27)14-12-18/h5-6,9-14,16-17H,2-4,7-8,15H2,1H3,(H,28,30)/t16-/m0/s1. The van der Waals surface area contributed by atoms with Crippen LogP contribution in [0.3, 0.4) is 0 Å². The first kappa shape index (κ1) is 21.0. The van der Waals surface area contributed by atoms with Crippen molar-refractivity contribution in [3.05, 3.63) is 65.5 Å². The van der Waals surface area contributed by atoms with Crippen molar-refractivity contribution in [3.63, 3.8) is 0 Å². The summed E-state index contributed by atoms with van der Waals surface area (Å²) in [7, 11) is 0. The molecular formula is C25H26BrFN2O. The number of nitrogens with one attached hydrogen (secondary N) is 1. The molecule has 0 unspecified atom stereocenters. The molecule has 0 radical (unpaired) electrons. The monoisotopic (exact) mass is 468 g/mol. The molecule has 1 fully saturated rings. The van der Waals surface area contributed by atoms with Crippen LogP contribution in [0.1, 0.15) is 54.9 Å². The minimum atomic E-state index is -0.292. The molecule has 0 saturated heterocycles. The van der Waals surface area contributed by atoms with E-state index in [-0.39, 0.29) is 17.8 Å². The number of hydrogen-bond acceptors (Lipinski definition) is 2. The average molecular weight is 469 g/mol. The molecule has 156 valence electrons. The Labute approximate surface area is 185 Å². The molecule has 30 heavy (non-hydrogen) atoms. The summed E-state index contributed by atoms with van der Waals surface area (Å²) in [5.41, 5.74) is 3.75. The Morgan fingerprint density at radius 2 is 1.83 bits per heavy atom. The molecular weight excluding hydrogens is 443 g/mol. The van der Waals surface area contributed by atoms with Gasteiger partial charge in [0.15, 0.2) is 0 Å². The Morgan fingerprint density at radius 1 is 1.13 bits per heavy atom. The highest BCUT2D eigenvalue weighted by Crippen LogP contribution is 2.33. The maximum absolute atomic E-state index is 13.5. The van der Waals surface area contributed by atoms with Crippen molar-refractivity contribution >= 4 is 32.7 Å². The van der Waals surface area contributed by atoms with Crippen LogP contribution >= 0.6 is 15.9 Å². The molecule has 3 aromatic rings. The number of halogens is 2. The number of benzene rings is 2. The number of aromatic nitrogens is 1. The zero-order valence-corrected chi connectivity index (χ0v) is 18.7. The quantitative estimate of drug-likeness (QED) is 0.426. The summed E-state index contributed by atoms with van der Waals surface area (Å²) in [4.78, 5) is 18.3. The smallest absolute Gasteiger partial charge is 0.252 e. The van der Waals surface area contributed by atoms with Gasteiger partial charge in [-0.05, 0) is 56.0 Å². The van der Waals surface area contributed by atoms with Crippen molar-refractivity contribution in [1.29, 1.82) is 0 Å². The molecule has 4 rings (SSSR count). The SMILES string of the molecule is C[C@H](NC(=O)c1c(CBr)c(-c2ccc(F)cc2)nc2ccccc12)C1CCCCC1. The van der Waals surface area contributed by atoms with Gasteiger partial charge in [0.05, 0.1) is 16.8 Å². The molecule has 0 bridgehead atoms. The molecule has 1 amide bonds. The Hall–Kier alpha value is -2.27. The summed E-state index contributed by atoms with van der Waals surface area (Å²) >= 11 is 3.57. The van der Waals surface area contributed by atoms with E-state index in [9.17, 15) is 9.18 Å². The van der Waals surface area contributed by atoms with Crippen LogP contribution in [-0.2, 0) is 5.33 Å². The van der Waals surface area contributed by atoms with Crippen molar-refractivity contribution in [1.82, 2.24) is 10.3 Å². The van der Waals surface area contributed by atoms with Gasteiger partial charge in [0.2, 0.25) is 0 Å². The van der Waals surface area contributed by atoms with Gasteiger partial charge in [0, 0.05) is 27.9 Å². The zero-order chi connectivity index (χ0) is 21.1. The normalized spacial score (nSPS) is 15.8. The van der Waals surface area contributed by atoms with Crippen molar-refractivity contribution in [2.75, 3.05) is 0 Å². The highest BCUT2D eigenvalue weighted by Gasteiger charge is 2.25. The number of alkyl halides is 1. The minimum absolute atomic E-state index is 0.0653. The van der Waals surface area contributed by atoms with Crippen molar-refractivity contribution < 1.29 is 9.18 Å². The summed E-state index contributed by atoms with van der Waals surface area (Å²) in [5, 5.41) is 4.60. The van der Waals surface area contributed by atoms with E-state index in [0.717, 1.165) is 22.0 Å². The second-order valence-electron chi connectivity index (χ2n) is 8.13. The van der Waals surface area contributed by atoms with Crippen molar-refractivity contribution in [2.45, 2.75) is 50.4 Å². The van der Waals surface area contributed by atoms with Gasteiger partial charge in [0.25, 0.3) is 5.91 Å². The molecule has 0 spiro atoms. The number of nitrogens with zero attached hydrogens (tertiary/aromatic N) is 1. The molecule has 1 aliphatic rings. The average Bonchev–Trinajstić information content (AvgIpc) is 2.78.